The van der Waals surface area contributed by atoms with Gasteiger partial charge < -0.3 is 9.73 Å². The number of hydrogen-bond donors (Lipinski definition) is 1. The van der Waals surface area contributed by atoms with Gasteiger partial charge in [0.15, 0.2) is 0 Å². The monoisotopic (exact) mass is 234 g/mol. The molecule has 2 rings (SSSR count). The van der Waals surface area contributed by atoms with Gasteiger partial charge >= 0.3 is 0 Å². The molecule has 1 unspecified atom stereocenters. The van der Waals surface area contributed by atoms with Crippen LogP contribution in [-0.4, -0.2) is 21.8 Å². The van der Waals surface area contributed by atoms with Gasteiger partial charge in [-0.1, -0.05) is 0 Å². The van der Waals surface area contributed by atoms with Crippen LogP contribution in [0, 0.1) is 6.92 Å². The summed E-state index contributed by atoms with van der Waals surface area (Å²) in [5, 5.41) is 7.41. The highest BCUT2D eigenvalue weighted by molar-refractivity contribution is 5.11. The quantitative estimate of drug-likeness (QED) is 0.855. The largest absolute Gasteiger partial charge is 0.465 e. The Morgan fingerprint density at radius 1 is 1.47 bits per heavy atom. The van der Waals surface area contributed by atoms with Crippen LogP contribution in [0.2, 0.25) is 0 Å². The van der Waals surface area contributed by atoms with Crippen molar-refractivity contribution < 1.29 is 4.42 Å². The molecule has 2 aromatic heterocycles. The summed E-state index contributed by atoms with van der Waals surface area (Å²) in [6.45, 7) is 4.84. The number of likely N-dealkylation sites (N-methyl/N-ethyl adjacent to an activating group) is 1. The van der Waals surface area contributed by atoms with E-state index < -0.39 is 0 Å². The minimum absolute atomic E-state index is 0.137. The van der Waals surface area contributed by atoms with Crippen molar-refractivity contribution in [1.29, 1.82) is 0 Å². The van der Waals surface area contributed by atoms with Crippen molar-refractivity contribution in [1.82, 2.24) is 20.1 Å². The predicted octanol–water partition coefficient (Wildman–Crippen LogP) is 1.70. The Morgan fingerprint density at radius 3 is 2.88 bits per heavy atom. The van der Waals surface area contributed by atoms with E-state index in [1.807, 2.05) is 30.8 Å². The maximum Gasteiger partial charge on any atom is 0.138 e. The predicted molar refractivity (Wildman–Crippen MR) is 64.6 cm³/mol. The Kier molecular flexibility index (Phi) is 3.58. The van der Waals surface area contributed by atoms with Crippen LogP contribution < -0.4 is 5.32 Å². The summed E-state index contributed by atoms with van der Waals surface area (Å²) in [6.07, 6.45) is 2.37. The normalized spacial score (nSPS) is 12.9. The summed E-state index contributed by atoms with van der Waals surface area (Å²) in [5.74, 6) is 2.84. The van der Waals surface area contributed by atoms with Crippen LogP contribution in [0.25, 0.3) is 0 Å². The van der Waals surface area contributed by atoms with Crippen molar-refractivity contribution in [2.45, 2.75) is 32.9 Å². The minimum atomic E-state index is 0.137. The number of rotatable bonds is 5. The van der Waals surface area contributed by atoms with Gasteiger partial charge in [-0.2, -0.15) is 5.10 Å². The maximum atomic E-state index is 5.64. The molecule has 2 aromatic rings. The van der Waals surface area contributed by atoms with Crippen LogP contribution in [0.15, 0.2) is 22.9 Å². The molecule has 0 aromatic carbocycles. The average Bonchev–Trinajstić information content (AvgIpc) is 2.94. The van der Waals surface area contributed by atoms with Gasteiger partial charge in [0.05, 0.1) is 6.04 Å². The molecule has 0 bridgehead atoms. The molecule has 5 heteroatoms. The van der Waals surface area contributed by atoms with E-state index in [0.29, 0.717) is 0 Å². The Labute approximate surface area is 101 Å². The number of hydrogen-bond acceptors (Lipinski definition) is 4. The first-order chi connectivity index (χ1) is 8.24. The molecule has 0 fully saturated rings. The van der Waals surface area contributed by atoms with Crippen molar-refractivity contribution in [3.63, 3.8) is 0 Å². The molecule has 92 valence electrons. The highest BCUT2D eigenvalue weighted by Gasteiger charge is 2.16. The van der Waals surface area contributed by atoms with E-state index in [4.69, 9.17) is 4.42 Å². The van der Waals surface area contributed by atoms with Crippen LogP contribution in [0.1, 0.15) is 30.3 Å². The zero-order valence-corrected chi connectivity index (χ0v) is 10.5. The van der Waals surface area contributed by atoms with E-state index in [1.54, 1.807) is 6.33 Å². The topological polar surface area (TPSA) is 55.9 Å². The lowest BCUT2D eigenvalue weighted by molar-refractivity contribution is 0.405. The minimum Gasteiger partial charge on any atom is -0.465 e. The molecular weight excluding hydrogens is 216 g/mol. The lowest BCUT2D eigenvalue weighted by Gasteiger charge is -2.13. The van der Waals surface area contributed by atoms with Gasteiger partial charge in [-0.15, -0.1) is 0 Å². The van der Waals surface area contributed by atoms with Gasteiger partial charge in [-0.3, -0.25) is 4.68 Å². The van der Waals surface area contributed by atoms with Crippen molar-refractivity contribution in [2.75, 3.05) is 7.05 Å². The molecule has 0 saturated heterocycles. The van der Waals surface area contributed by atoms with E-state index in [0.717, 1.165) is 30.3 Å². The molecular formula is C12H18N4O. The number of nitrogens with one attached hydrogen (secondary N) is 1. The zero-order chi connectivity index (χ0) is 12.3. The summed E-state index contributed by atoms with van der Waals surface area (Å²) >= 11 is 0. The SMILES string of the molecule is CCn1ncnc1CC(NC)c1ccc(C)o1. The van der Waals surface area contributed by atoms with Crippen LogP contribution in [0.3, 0.4) is 0 Å². The molecule has 0 saturated carbocycles. The summed E-state index contributed by atoms with van der Waals surface area (Å²) < 4.78 is 7.54. The van der Waals surface area contributed by atoms with E-state index in [9.17, 15) is 0 Å². The van der Waals surface area contributed by atoms with Crippen molar-refractivity contribution >= 4 is 0 Å². The average molecular weight is 234 g/mol. The Hall–Kier alpha value is -1.62. The zero-order valence-electron chi connectivity index (χ0n) is 10.5. The first-order valence-electron chi connectivity index (χ1n) is 5.85. The molecule has 1 atom stereocenters. The van der Waals surface area contributed by atoms with Crippen molar-refractivity contribution in [3.05, 3.63) is 35.8 Å². The lowest BCUT2D eigenvalue weighted by atomic mass is 10.1. The fourth-order valence-corrected chi connectivity index (χ4v) is 1.88. The summed E-state index contributed by atoms with van der Waals surface area (Å²) in [5.41, 5.74) is 0. The summed E-state index contributed by atoms with van der Waals surface area (Å²) in [7, 11) is 1.93. The highest BCUT2D eigenvalue weighted by atomic mass is 16.3. The number of furan rings is 1. The number of aromatic nitrogens is 3. The second-order valence-electron chi connectivity index (χ2n) is 3.99. The van der Waals surface area contributed by atoms with Crippen molar-refractivity contribution in [2.24, 2.45) is 0 Å². The maximum absolute atomic E-state index is 5.64. The fourth-order valence-electron chi connectivity index (χ4n) is 1.88. The molecule has 0 aliphatic rings. The van der Waals surface area contributed by atoms with E-state index in [2.05, 4.69) is 22.3 Å². The van der Waals surface area contributed by atoms with Gasteiger partial charge in [0.25, 0.3) is 0 Å². The third kappa shape index (κ3) is 2.55. The molecule has 0 spiro atoms. The third-order valence-electron chi connectivity index (χ3n) is 2.84. The lowest BCUT2D eigenvalue weighted by Crippen LogP contribution is -2.20. The van der Waals surface area contributed by atoms with Gasteiger partial charge in [-0.05, 0) is 33.0 Å². The van der Waals surface area contributed by atoms with E-state index >= 15 is 0 Å². The first-order valence-corrected chi connectivity index (χ1v) is 5.85. The molecule has 0 radical (unpaired) electrons. The Bertz CT molecular complexity index is 474. The number of nitrogens with zero attached hydrogens (tertiary/aromatic N) is 3. The van der Waals surface area contributed by atoms with Gasteiger partial charge in [-0.25, -0.2) is 4.98 Å². The molecule has 2 heterocycles. The standard InChI is InChI=1S/C12H18N4O/c1-4-16-12(14-8-15-16)7-10(13-3)11-6-5-9(2)17-11/h5-6,8,10,13H,4,7H2,1-3H3. The fraction of sp³-hybridized carbons (Fsp3) is 0.500. The van der Waals surface area contributed by atoms with Crippen LogP contribution in [0.4, 0.5) is 0 Å². The molecule has 5 nitrogen and oxygen atoms in total. The van der Waals surface area contributed by atoms with Gasteiger partial charge in [0.1, 0.15) is 23.7 Å². The first kappa shape index (κ1) is 11.9. The third-order valence-corrected chi connectivity index (χ3v) is 2.84. The molecule has 0 amide bonds. The second kappa shape index (κ2) is 5.14. The second-order valence-corrected chi connectivity index (χ2v) is 3.99. The Balaban J connectivity index is 2.15. The number of aryl methyl sites for hydroxylation is 2. The Morgan fingerprint density at radius 2 is 2.29 bits per heavy atom. The van der Waals surface area contributed by atoms with Crippen LogP contribution in [0.5, 0.6) is 0 Å². The molecule has 1 N–H and O–H groups in total. The van der Waals surface area contributed by atoms with Gasteiger partial charge in [0, 0.05) is 13.0 Å². The van der Waals surface area contributed by atoms with E-state index in [1.165, 1.54) is 0 Å². The smallest absolute Gasteiger partial charge is 0.138 e. The molecule has 0 aliphatic carbocycles. The summed E-state index contributed by atoms with van der Waals surface area (Å²) in [4.78, 5) is 4.28. The summed E-state index contributed by atoms with van der Waals surface area (Å²) in [6, 6.07) is 4.12. The van der Waals surface area contributed by atoms with E-state index in [-0.39, 0.29) is 6.04 Å². The van der Waals surface area contributed by atoms with Crippen LogP contribution >= 0.6 is 0 Å². The molecule has 17 heavy (non-hydrogen) atoms. The van der Waals surface area contributed by atoms with Crippen LogP contribution in [-0.2, 0) is 13.0 Å². The van der Waals surface area contributed by atoms with Crippen molar-refractivity contribution in [3.8, 4) is 0 Å². The molecule has 0 aliphatic heterocycles. The van der Waals surface area contributed by atoms with Gasteiger partial charge in [0.2, 0.25) is 0 Å². The highest BCUT2D eigenvalue weighted by Crippen LogP contribution is 2.19.